The standard InChI is InChI=1S/C17H27N/c1-4-6-14-7-9-15(10-8-14)17(3)12-11-16(13-17)18-5-2/h7-10,16,18H,4-6,11-13H2,1-3H3. The summed E-state index contributed by atoms with van der Waals surface area (Å²) in [5, 5.41) is 3.60. The van der Waals surface area contributed by atoms with Crippen LogP contribution in [0.3, 0.4) is 0 Å². The third-order valence-corrected chi connectivity index (χ3v) is 4.42. The Morgan fingerprint density at radius 1 is 1.22 bits per heavy atom. The maximum Gasteiger partial charge on any atom is 0.00756 e. The van der Waals surface area contributed by atoms with Crippen LogP contribution >= 0.6 is 0 Å². The van der Waals surface area contributed by atoms with Gasteiger partial charge >= 0.3 is 0 Å². The van der Waals surface area contributed by atoms with E-state index in [1.807, 2.05) is 0 Å². The van der Waals surface area contributed by atoms with Crippen molar-refractivity contribution < 1.29 is 0 Å². The fraction of sp³-hybridized carbons (Fsp3) is 0.647. The average molecular weight is 245 g/mol. The van der Waals surface area contributed by atoms with Gasteiger partial charge < -0.3 is 5.32 Å². The van der Waals surface area contributed by atoms with Gasteiger partial charge in [0.1, 0.15) is 0 Å². The van der Waals surface area contributed by atoms with Crippen LogP contribution in [0.2, 0.25) is 0 Å². The van der Waals surface area contributed by atoms with Gasteiger partial charge in [-0.2, -0.15) is 0 Å². The molecule has 0 bridgehead atoms. The van der Waals surface area contributed by atoms with Gasteiger partial charge in [-0.05, 0) is 48.8 Å². The molecule has 0 radical (unpaired) electrons. The zero-order chi connectivity index (χ0) is 13.0. The second kappa shape index (κ2) is 5.88. The Kier molecular flexibility index (Phi) is 4.45. The molecule has 0 saturated heterocycles. The van der Waals surface area contributed by atoms with E-state index in [0.717, 1.165) is 12.6 Å². The number of benzene rings is 1. The minimum absolute atomic E-state index is 0.386. The largest absolute Gasteiger partial charge is 0.314 e. The number of rotatable bonds is 5. The first kappa shape index (κ1) is 13.6. The predicted octanol–water partition coefficient (Wildman–Crippen LogP) is 4.06. The molecule has 1 nitrogen and oxygen atoms in total. The number of nitrogens with one attached hydrogen (secondary N) is 1. The van der Waals surface area contributed by atoms with E-state index < -0.39 is 0 Å². The Balaban J connectivity index is 2.06. The minimum atomic E-state index is 0.386. The van der Waals surface area contributed by atoms with Gasteiger partial charge in [-0.25, -0.2) is 0 Å². The molecule has 1 fully saturated rings. The van der Waals surface area contributed by atoms with Gasteiger partial charge in [0.05, 0.1) is 0 Å². The average Bonchev–Trinajstić information content (AvgIpc) is 2.74. The fourth-order valence-electron chi connectivity index (χ4n) is 3.33. The van der Waals surface area contributed by atoms with E-state index in [2.05, 4.69) is 50.4 Å². The smallest absolute Gasteiger partial charge is 0.00756 e. The Hall–Kier alpha value is -0.820. The van der Waals surface area contributed by atoms with E-state index >= 15 is 0 Å². The lowest BCUT2D eigenvalue weighted by Crippen LogP contribution is -2.28. The van der Waals surface area contributed by atoms with Gasteiger partial charge in [0.25, 0.3) is 0 Å². The lowest BCUT2D eigenvalue weighted by Gasteiger charge is -2.25. The van der Waals surface area contributed by atoms with Crippen molar-refractivity contribution in [2.24, 2.45) is 0 Å². The van der Waals surface area contributed by atoms with Crippen molar-refractivity contribution >= 4 is 0 Å². The highest BCUT2D eigenvalue weighted by Crippen LogP contribution is 2.40. The van der Waals surface area contributed by atoms with E-state index in [1.165, 1.54) is 43.2 Å². The van der Waals surface area contributed by atoms with E-state index in [0.29, 0.717) is 5.41 Å². The molecule has 1 aliphatic rings. The van der Waals surface area contributed by atoms with Crippen molar-refractivity contribution in [1.29, 1.82) is 0 Å². The molecule has 2 unspecified atom stereocenters. The van der Waals surface area contributed by atoms with Crippen molar-refractivity contribution in [2.45, 2.75) is 64.3 Å². The van der Waals surface area contributed by atoms with E-state index in [9.17, 15) is 0 Å². The van der Waals surface area contributed by atoms with E-state index in [1.54, 1.807) is 0 Å². The molecule has 2 atom stereocenters. The van der Waals surface area contributed by atoms with Crippen LogP contribution in [0, 0.1) is 0 Å². The van der Waals surface area contributed by atoms with Gasteiger partial charge in [-0.15, -0.1) is 0 Å². The Morgan fingerprint density at radius 3 is 2.56 bits per heavy atom. The molecule has 1 heteroatoms. The maximum atomic E-state index is 3.60. The van der Waals surface area contributed by atoms with Crippen LogP contribution in [0.4, 0.5) is 0 Å². The molecule has 0 aromatic heterocycles. The maximum absolute atomic E-state index is 3.60. The van der Waals surface area contributed by atoms with Gasteiger partial charge in [-0.3, -0.25) is 0 Å². The zero-order valence-electron chi connectivity index (χ0n) is 12.1. The quantitative estimate of drug-likeness (QED) is 0.825. The monoisotopic (exact) mass is 245 g/mol. The predicted molar refractivity (Wildman–Crippen MR) is 79.1 cm³/mol. The lowest BCUT2D eigenvalue weighted by molar-refractivity contribution is 0.458. The highest BCUT2D eigenvalue weighted by atomic mass is 14.9. The van der Waals surface area contributed by atoms with Crippen molar-refractivity contribution in [3.63, 3.8) is 0 Å². The molecular weight excluding hydrogens is 218 g/mol. The fourth-order valence-corrected chi connectivity index (χ4v) is 3.33. The summed E-state index contributed by atoms with van der Waals surface area (Å²) in [6.07, 6.45) is 6.36. The summed E-state index contributed by atoms with van der Waals surface area (Å²) in [5.41, 5.74) is 3.39. The van der Waals surface area contributed by atoms with Crippen LogP contribution in [-0.4, -0.2) is 12.6 Å². The van der Waals surface area contributed by atoms with Crippen molar-refractivity contribution in [2.75, 3.05) is 6.54 Å². The molecule has 0 amide bonds. The molecule has 0 heterocycles. The molecule has 1 aliphatic carbocycles. The van der Waals surface area contributed by atoms with Crippen molar-refractivity contribution in [1.82, 2.24) is 5.32 Å². The number of hydrogen-bond acceptors (Lipinski definition) is 1. The zero-order valence-corrected chi connectivity index (χ0v) is 12.1. The summed E-state index contributed by atoms with van der Waals surface area (Å²) in [4.78, 5) is 0. The van der Waals surface area contributed by atoms with Gasteiger partial charge in [0.2, 0.25) is 0 Å². The topological polar surface area (TPSA) is 12.0 Å². The van der Waals surface area contributed by atoms with E-state index in [4.69, 9.17) is 0 Å². The van der Waals surface area contributed by atoms with Gasteiger partial charge in [0.15, 0.2) is 0 Å². The second-order valence-electron chi connectivity index (χ2n) is 6.00. The Morgan fingerprint density at radius 2 is 1.94 bits per heavy atom. The minimum Gasteiger partial charge on any atom is -0.314 e. The third-order valence-electron chi connectivity index (χ3n) is 4.42. The summed E-state index contributed by atoms with van der Waals surface area (Å²) in [7, 11) is 0. The first-order chi connectivity index (χ1) is 8.68. The van der Waals surface area contributed by atoms with Crippen LogP contribution in [0.25, 0.3) is 0 Å². The second-order valence-corrected chi connectivity index (χ2v) is 6.00. The highest BCUT2D eigenvalue weighted by Gasteiger charge is 2.35. The van der Waals surface area contributed by atoms with Crippen LogP contribution < -0.4 is 5.32 Å². The molecule has 2 rings (SSSR count). The van der Waals surface area contributed by atoms with Crippen LogP contribution in [0.15, 0.2) is 24.3 Å². The first-order valence-corrected chi connectivity index (χ1v) is 7.50. The molecule has 1 N–H and O–H groups in total. The summed E-state index contributed by atoms with van der Waals surface area (Å²) in [6.45, 7) is 7.97. The van der Waals surface area contributed by atoms with Crippen molar-refractivity contribution in [3.05, 3.63) is 35.4 Å². The number of hydrogen-bond donors (Lipinski definition) is 1. The van der Waals surface area contributed by atoms with E-state index in [-0.39, 0.29) is 0 Å². The molecule has 1 aromatic carbocycles. The summed E-state index contributed by atoms with van der Waals surface area (Å²) < 4.78 is 0. The van der Waals surface area contributed by atoms with Crippen LogP contribution in [0.1, 0.15) is 57.6 Å². The molecule has 1 saturated carbocycles. The Bertz CT molecular complexity index is 368. The molecule has 1 aromatic rings. The molecule has 100 valence electrons. The molecular formula is C17H27N. The van der Waals surface area contributed by atoms with Crippen LogP contribution in [0.5, 0.6) is 0 Å². The van der Waals surface area contributed by atoms with Crippen LogP contribution in [-0.2, 0) is 11.8 Å². The number of aryl methyl sites for hydroxylation is 1. The normalized spacial score (nSPS) is 27.6. The molecule has 18 heavy (non-hydrogen) atoms. The SMILES string of the molecule is CCCc1ccc(C2(C)CCC(NCC)C2)cc1. The highest BCUT2D eigenvalue weighted by molar-refractivity contribution is 5.30. The summed E-state index contributed by atoms with van der Waals surface area (Å²) in [5.74, 6) is 0. The molecule has 0 aliphatic heterocycles. The third kappa shape index (κ3) is 2.95. The van der Waals surface area contributed by atoms with Crippen molar-refractivity contribution in [3.8, 4) is 0 Å². The lowest BCUT2D eigenvalue weighted by atomic mass is 9.80. The summed E-state index contributed by atoms with van der Waals surface area (Å²) >= 11 is 0. The summed E-state index contributed by atoms with van der Waals surface area (Å²) in [6, 6.07) is 10.1. The van der Waals surface area contributed by atoms with Gasteiger partial charge in [-0.1, -0.05) is 51.5 Å². The molecule has 0 spiro atoms. The first-order valence-electron chi connectivity index (χ1n) is 7.50. The van der Waals surface area contributed by atoms with Gasteiger partial charge in [0, 0.05) is 6.04 Å². The Labute approximate surface area is 112 Å².